The molecule has 0 atom stereocenters. The Bertz CT molecular complexity index is 713. The second-order valence-corrected chi connectivity index (χ2v) is 6.57. The van der Waals surface area contributed by atoms with E-state index in [9.17, 15) is 4.79 Å². The lowest BCUT2D eigenvalue weighted by molar-refractivity contribution is 0.0952. The number of hydrogen-bond acceptors (Lipinski definition) is 4. The SMILES string of the molecule is CCCCOCCCNc1cc(C(=O)NC2CC2)c2ccccc2n1. The highest BCUT2D eigenvalue weighted by molar-refractivity contribution is 6.07. The molecule has 1 saturated carbocycles. The quantitative estimate of drug-likeness (QED) is 0.646. The molecule has 1 amide bonds. The molecule has 5 nitrogen and oxygen atoms in total. The van der Waals surface area contributed by atoms with Gasteiger partial charge in [-0.15, -0.1) is 0 Å². The fraction of sp³-hybridized carbons (Fsp3) is 0.500. The van der Waals surface area contributed by atoms with Crippen LogP contribution in [0.2, 0.25) is 0 Å². The summed E-state index contributed by atoms with van der Waals surface area (Å²) in [6.07, 6.45) is 5.35. The third kappa shape index (κ3) is 5.16. The van der Waals surface area contributed by atoms with E-state index in [-0.39, 0.29) is 5.91 Å². The monoisotopic (exact) mass is 341 g/mol. The van der Waals surface area contributed by atoms with Gasteiger partial charge in [-0.05, 0) is 37.8 Å². The Morgan fingerprint density at radius 1 is 1.24 bits per heavy atom. The predicted molar refractivity (Wildman–Crippen MR) is 101 cm³/mol. The largest absolute Gasteiger partial charge is 0.381 e. The van der Waals surface area contributed by atoms with Gasteiger partial charge < -0.3 is 15.4 Å². The van der Waals surface area contributed by atoms with E-state index in [1.807, 2.05) is 30.3 Å². The maximum absolute atomic E-state index is 12.6. The van der Waals surface area contributed by atoms with Crippen LogP contribution in [0.3, 0.4) is 0 Å². The van der Waals surface area contributed by atoms with Crippen molar-refractivity contribution in [3.63, 3.8) is 0 Å². The minimum absolute atomic E-state index is 0.00736. The number of pyridine rings is 1. The summed E-state index contributed by atoms with van der Waals surface area (Å²) < 4.78 is 5.57. The standard InChI is InChI=1S/C20H27N3O2/c1-2-3-12-25-13-6-11-21-19-14-17(20(24)22-15-9-10-15)16-7-4-5-8-18(16)23-19/h4-5,7-8,14-15H,2-3,6,9-13H2,1H3,(H,21,23)(H,22,24). The second kappa shape index (κ2) is 8.81. The van der Waals surface area contributed by atoms with E-state index < -0.39 is 0 Å². The highest BCUT2D eigenvalue weighted by Gasteiger charge is 2.24. The fourth-order valence-corrected chi connectivity index (χ4v) is 2.68. The smallest absolute Gasteiger partial charge is 0.252 e. The van der Waals surface area contributed by atoms with Crippen molar-refractivity contribution in [3.05, 3.63) is 35.9 Å². The molecule has 0 aliphatic heterocycles. The van der Waals surface area contributed by atoms with Gasteiger partial charge in [0.25, 0.3) is 5.91 Å². The molecule has 134 valence electrons. The Labute approximate surface area is 149 Å². The van der Waals surface area contributed by atoms with E-state index >= 15 is 0 Å². The number of amides is 1. The minimum Gasteiger partial charge on any atom is -0.381 e. The summed E-state index contributed by atoms with van der Waals surface area (Å²) in [5.74, 6) is 0.736. The van der Waals surface area contributed by atoms with Crippen molar-refractivity contribution >= 4 is 22.6 Å². The van der Waals surface area contributed by atoms with Gasteiger partial charge in [-0.25, -0.2) is 4.98 Å². The van der Waals surface area contributed by atoms with Crippen LogP contribution < -0.4 is 10.6 Å². The van der Waals surface area contributed by atoms with Crippen molar-refractivity contribution in [2.45, 2.75) is 45.1 Å². The average molecular weight is 341 g/mol. The molecule has 0 spiro atoms. The third-order valence-corrected chi connectivity index (χ3v) is 4.29. The molecule has 0 bridgehead atoms. The van der Waals surface area contributed by atoms with Crippen LogP contribution in [0.1, 0.15) is 49.4 Å². The normalized spacial score (nSPS) is 13.8. The first-order chi connectivity index (χ1) is 12.3. The number of ether oxygens (including phenoxy) is 1. The Morgan fingerprint density at radius 2 is 2.04 bits per heavy atom. The van der Waals surface area contributed by atoms with Crippen LogP contribution in [0.15, 0.2) is 30.3 Å². The van der Waals surface area contributed by atoms with Crippen LogP contribution in [0, 0.1) is 0 Å². The number of hydrogen-bond donors (Lipinski definition) is 2. The summed E-state index contributed by atoms with van der Waals surface area (Å²) in [5.41, 5.74) is 1.53. The van der Waals surface area contributed by atoms with E-state index in [1.54, 1.807) is 0 Å². The number of rotatable bonds is 10. The number of carbonyl (C=O) groups is 1. The van der Waals surface area contributed by atoms with Crippen LogP contribution in [0.5, 0.6) is 0 Å². The Balaban J connectivity index is 1.63. The summed E-state index contributed by atoms with van der Waals surface area (Å²) >= 11 is 0. The fourth-order valence-electron chi connectivity index (χ4n) is 2.68. The molecule has 1 aliphatic rings. The summed E-state index contributed by atoms with van der Waals surface area (Å²) in [7, 11) is 0. The summed E-state index contributed by atoms with van der Waals surface area (Å²) in [5, 5.41) is 7.29. The van der Waals surface area contributed by atoms with Crippen LogP contribution >= 0.6 is 0 Å². The summed E-state index contributed by atoms with van der Waals surface area (Å²) in [4.78, 5) is 17.2. The molecule has 1 heterocycles. The molecular formula is C20H27N3O2. The van der Waals surface area contributed by atoms with Gasteiger partial charge in [0.1, 0.15) is 5.82 Å². The number of carbonyl (C=O) groups excluding carboxylic acids is 1. The van der Waals surface area contributed by atoms with E-state index in [1.165, 1.54) is 0 Å². The number of aromatic nitrogens is 1. The summed E-state index contributed by atoms with van der Waals surface area (Å²) in [6, 6.07) is 9.99. The molecule has 0 radical (unpaired) electrons. The van der Waals surface area contributed by atoms with Crippen LogP contribution in [-0.4, -0.2) is 36.7 Å². The Hall–Kier alpha value is -2.14. The molecular weight excluding hydrogens is 314 g/mol. The molecule has 1 aromatic carbocycles. The van der Waals surface area contributed by atoms with Crippen LogP contribution in [0.4, 0.5) is 5.82 Å². The van der Waals surface area contributed by atoms with Gasteiger partial charge in [-0.3, -0.25) is 4.79 Å². The lowest BCUT2D eigenvalue weighted by Gasteiger charge is -2.11. The molecule has 1 aliphatic carbocycles. The summed E-state index contributed by atoms with van der Waals surface area (Å²) in [6.45, 7) is 4.51. The number of nitrogens with zero attached hydrogens (tertiary/aromatic N) is 1. The lowest BCUT2D eigenvalue weighted by Crippen LogP contribution is -2.25. The van der Waals surface area contributed by atoms with Crippen molar-refractivity contribution < 1.29 is 9.53 Å². The Morgan fingerprint density at radius 3 is 2.84 bits per heavy atom. The van der Waals surface area contributed by atoms with Crippen molar-refractivity contribution in [3.8, 4) is 0 Å². The molecule has 2 aromatic rings. The lowest BCUT2D eigenvalue weighted by atomic mass is 10.1. The minimum atomic E-state index is -0.00736. The van der Waals surface area contributed by atoms with Gasteiger partial charge >= 0.3 is 0 Å². The molecule has 5 heteroatoms. The van der Waals surface area contributed by atoms with Gasteiger partial charge in [0.2, 0.25) is 0 Å². The number of unbranched alkanes of at least 4 members (excludes halogenated alkanes) is 1. The number of anilines is 1. The van der Waals surface area contributed by atoms with Crippen molar-refractivity contribution in [1.82, 2.24) is 10.3 Å². The zero-order valence-electron chi connectivity index (χ0n) is 14.9. The maximum Gasteiger partial charge on any atom is 0.252 e. The highest BCUT2D eigenvalue weighted by Crippen LogP contribution is 2.23. The third-order valence-electron chi connectivity index (χ3n) is 4.29. The van der Waals surface area contributed by atoms with Gasteiger partial charge in [-0.1, -0.05) is 31.5 Å². The van der Waals surface area contributed by atoms with E-state index in [4.69, 9.17) is 4.74 Å². The first-order valence-corrected chi connectivity index (χ1v) is 9.30. The highest BCUT2D eigenvalue weighted by atomic mass is 16.5. The van der Waals surface area contributed by atoms with Crippen LogP contribution in [0.25, 0.3) is 10.9 Å². The van der Waals surface area contributed by atoms with E-state index in [2.05, 4.69) is 22.5 Å². The first kappa shape index (κ1) is 17.7. The number of para-hydroxylation sites is 1. The molecule has 1 fully saturated rings. The second-order valence-electron chi connectivity index (χ2n) is 6.57. The topological polar surface area (TPSA) is 63.2 Å². The molecule has 0 saturated heterocycles. The zero-order valence-corrected chi connectivity index (χ0v) is 14.9. The number of benzene rings is 1. The molecule has 1 aromatic heterocycles. The van der Waals surface area contributed by atoms with Gasteiger partial charge in [0.15, 0.2) is 0 Å². The number of nitrogens with one attached hydrogen (secondary N) is 2. The van der Waals surface area contributed by atoms with Gasteiger partial charge in [-0.2, -0.15) is 0 Å². The van der Waals surface area contributed by atoms with Crippen molar-refractivity contribution in [2.75, 3.05) is 25.1 Å². The molecule has 3 rings (SSSR count). The average Bonchev–Trinajstić information content (AvgIpc) is 3.44. The maximum atomic E-state index is 12.6. The van der Waals surface area contributed by atoms with Crippen LogP contribution in [-0.2, 0) is 4.74 Å². The molecule has 2 N–H and O–H groups in total. The molecule has 25 heavy (non-hydrogen) atoms. The van der Waals surface area contributed by atoms with E-state index in [0.717, 1.165) is 68.6 Å². The van der Waals surface area contributed by atoms with Crippen molar-refractivity contribution in [1.29, 1.82) is 0 Å². The molecule has 0 unspecified atom stereocenters. The zero-order chi connectivity index (χ0) is 17.5. The Kier molecular flexibility index (Phi) is 6.23. The predicted octanol–water partition coefficient (Wildman–Crippen LogP) is 3.75. The number of fused-ring (bicyclic) bond motifs is 1. The van der Waals surface area contributed by atoms with Crippen molar-refractivity contribution in [2.24, 2.45) is 0 Å². The van der Waals surface area contributed by atoms with E-state index in [0.29, 0.717) is 11.6 Å². The first-order valence-electron chi connectivity index (χ1n) is 9.30. The van der Waals surface area contributed by atoms with Gasteiger partial charge in [0.05, 0.1) is 11.1 Å². The van der Waals surface area contributed by atoms with Gasteiger partial charge in [0, 0.05) is 31.2 Å².